The Labute approximate surface area is 219 Å². The maximum Gasteiger partial charge on any atom is 0.326 e. The van der Waals surface area contributed by atoms with Crippen LogP contribution in [-0.2, 0) is 20.8 Å². The number of carbonyl (C=O) groups excluding carboxylic acids is 2. The van der Waals surface area contributed by atoms with Crippen LogP contribution in [0.15, 0.2) is 42.5 Å². The van der Waals surface area contributed by atoms with Crippen molar-refractivity contribution in [1.82, 2.24) is 5.32 Å². The summed E-state index contributed by atoms with van der Waals surface area (Å²) >= 11 is 12.2. The summed E-state index contributed by atoms with van der Waals surface area (Å²) < 4.78 is 0. The van der Waals surface area contributed by atoms with Gasteiger partial charge in [-0.15, -0.1) is 0 Å². The second kappa shape index (κ2) is 10.5. The van der Waals surface area contributed by atoms with Crippen molar-refractivity contribution in [3.05, 3.63) is 63.6 Å². The SMILES string of the molecule is CC1(C)[C@@H](C(=O)O)CC[C@]1(C)C(=O)NC(Cc1ccc(NC(=O)c2c(Cl)cccc2Cl)cc1)C(=O)O. The van der Waals surface area contributed by atoms with Gasteiger partial charge < -0.3 is 20.8 Å². The molecule has 1 unspecified atom stereocenters. The molecule has 1 fully saturated rings. The zero-order valence-electron chi connectivity index (χ0n) is 20.1. The number of anilines is 1. The van der Waals surface area contributed by atoms with Crippen LogP contribution in [0, 0.1) is 16.7 Å². The Morgan fingerprint density at radius 3 is 2.08 bits per heavy atom. The Morgan fingerprint density at radius 2 is 1.58 bits per heavy atom. The highest BCUT2D eigenvalue weighted by Crippen LogP contribution is 2.56. The molecule has 4 N–H and O–H groups in total. The number of carbonyl (C=O) groups is 4. The molecule has 0 heterocycles. The van der Waals surface area contributed by atoms with Crippen molar-refractivity contribution in [2.45, 2.75) is 46.1 Å². The van der Waals surface area contributed by atoms with Gasteiger partial charge in [0.05, 0.1) is 26.9 Å². The summed E-state index contributed by atoms with van der Waals surface area (Å²) in [4.78, 5) is 49.3. The van der Waals surface area contributed by atoms with Gasteiger partial charge in [-0.3, -0.25) is 14.4 Å². The first-order chi connectivity index (χ1) is 16.8. The van der Waals surface area contributed by atoms with E-state index in [0.717, 1.165) is 0 Å². The molecular formula is C26H28Cl2N2O6. The molecule has 1 aliphatic rings. The van der Waals surface area contributed by atoms with Gasteiger partial charge in [0.25, 0.3) is 5.91 Å². The second-order valence-electron chi connectivity index (χ2n) is 9.80. The monoisotopic (exact) mass is 534 g/mol. The van der Waals surface area contributed by atoms with Crippen molar-refractivity contribution in [3.63, 3.8) is 0 Å². The number of hydrogen-bond donors (Lipinski definition) is 4. The molecule has 192 valence electrons. The number of hydrogen-bond acceptors (Lipinski definition) is 4. The number of nitrogens with one attached hydrogen (secondary N) is 2. The van der Waals surface area contributed by atoms with Gasteiger partial charge >= 0.3 is 11.9 Å². The van der Waals surface area contributed by atoms with Crippen LogP contribution >= 0.6 is 23.2 Å². The van der Waals surface area contributed by atoms with Gasteiger partial charge in [-0.25, -0.2) is 4.79 Å². The van der Waals surface area contributed by atoms with Crippen LogP contribution in [0.5, 0.6) is 0 Å². The Morgan fingerprint density at radius 1 is 1.00 bits per heavy atom. The minimum absolute atomic E-state index is 0.00447. The van der Waals surface area contributed by atoms with Crippen LogP contribution in [0.25, 0.3) is 0 Å². The van der Waals surface area contributed by atoms with Crippen LogP contribution in [-0.4, -0.2) is 40.0 Å². The lowest BCUT2D eigenvalue weighted by Crippen LogP contribution is -2.53. The molecule has 3 atom stereocenters. The fourth-order valence-corrected chi connectivity index (χ4v) is 5.29. The molecular weight excluding hydrogens is 507 g/mol. The van der Waals surface area contributed by atoms with Crippen LogP contribution < -0.4 is 10.6 Å². The maximum atomic E-state index is 13.2. The molecule has 36 heavy (non-hydrogen) atoms. The number of carboxylic acid groups (broad SMARTS) is 2. The van der Waals surface area contributed by atoms with Crippen molar-refractivity contribution < 1.29 is 29.4 Å². The van der Waals surface area contributed by atoms with Crippen molar-refractivity contribution in [2.75, 3.05) is 5.32 Å². The summed E-state index contributed by atoms with van der Waals surface area (Å²) in [7, 11) is 0. The highest BCUT2D eigenvalue weighted by molar-refractivity contribution is 6.40. The number of halogens is 2. The minimum atomic E-state index is -1.21. The fourth-order valence-electron chi connectivity index (χ4n) is 4.72. The van der Waals surface area contributed by atoms with Crippen molar-refractivity contribution >= 4 is 52.6 Å². The van der Waals surface area contributed by atoms with E-state index in [1.807, 2.05) is 0 Å². The molecule has 0 saturated heterocycles. The van der Waals surface area contributed by atoms with Gasteiger partial charge in [-0.2, -0.15) is 0 Å². The first-order valence-electron chi connectivity index (χ1n) is 11.4. The molecule has 0 aliphatic heterocycles. The zero-order valence-corrected chi connectivity index (χ0v) is 21.6. The standard InChI is InChI=1S/C26H28Cl2N2O6/c1-25(2)16(22(32)33)11-12-26(25,3)24(36)30-19(23(34)35)13-14-7-9-15(10-8-14)29-21(31)20-17(27)5-4-6-18(20)28/h4-10,16,19H,11-13H2,1-3H3,(H,29,31)(H,30,36)(H,32,33)(H,34,35)/t16-,19?,26-/m1/s1. The highest BCUT2D eigenvalue weighted by atomic mass is 35.5. The largest absolute Gasteiger partial charge is 0.481 e. The van der Waals surface area contributed by atoms with Gasteiger partial charge in [-0.05, 0) is 48.1 Å². The molecule has 3 rings (SSSR count). The molecule has 0 bridgehead atoms. The second-order valence-corrected chi connectivity index (χ2v) is 10.6. The van der Waals surface area contributed by atoms with Crippen molar-refractivity contribution in [1.29, 1.82) is 0 Å². The molecule has 0 aromatic heterocycles. The lowest BCUT2D eigenvalue weighted by atomic mass is 9.65. The van der Waals surface area contributed by atoms with E-state index in [-0.39, 0.29) is 22.0 Å². The maximum absolute atomic E-state index is 13.2. The lowest BCUT2D eigenvalue weighted by Gasteiger charge is -2.39. The van der Waals surface area contributed by atoms with E-state index in [9.17, 15) is 29.4 Å². The van der Waals surface area contributed by atoms with E-state index in [1.165, 1.54) is 0 Å². The van der Waals surface area contributed by atoms with Crippen LogP contribution in [0.4, 0.5) is 5.69 Å². The molecule has 0 radical (unpaired) electrons. The first kappa shape index (κ1) is 27.5. The Balaban J connectivity index is 1.70. The molecule has 0 spiro atoms. The molecule has 10 heteroatoms. The third kappa shape index (κ3) is 5.34. The molecule has 2 aromatic rings. The van der Waals surface area contributed by atoms with Crippen molar-refractivity contribution in [3.8, 4) is 0 Å². The molecule has 1 aliphatic carbocycles. The number of benzene rings is 2. The first-order valence-corrected chi connectivity index (χ1v) is 12.1. The van der Waals surface area contributed by atoms with E-state index in [4.69, 9.17) is 23.2 Å². The predicted octanol–water partition coefficient (Wildman–Crippen LogP) is 4.88. The Kier molecular flexibility index (Phi) is 8.00. The van der Waals surface area contributed by atoms with Gasteiger partial charge in [0, 0.05) is 12.1 Å². The summed E-state index contributed by atoms with van der Waals surface area (Å²) in [5.41, 5.74) is -0.660. The molecule has 2 amide bonds. The summed E-state index contributed by atoms with van der Waals surface area (Å²) in [5.74, 6) is -3.83. The molecule has 1 saturated carbocycles. The Bertz CT molecular complexity index is 1180. The highest BCUT2D eigenvalue weighted by Gasteiger charge is 2.58. The lowest BCUT2D eigenvalue weighted by molar-refractivity contribution is -0.151. The zero-order chi connectivity index (χ0) is 26.8. The Hall–Kier alpha value is -3.10. The molecule has 2 aromatic carbocycles. The van der Waals surface area contributed by atoms with Gasteiger partial charge in [0.15, 0.2) is 0 Å². The van der Waals surface area contributed by atoms with Gasteiger partial charge in [-0.1, -0.05) is 62.2 Å². The van der Waals surface area contributed by atoms with Crippen LogP contribution in [0.1, 0.15) is 49.5 Å². The predicted molar refractivity (Wildman–Crippen MR) is 136 cm³/mol. The van der Waals surface area contributed by atoms with E-state index in [1.54, 1.807) is 63.2 Å². The average Bonchev–Trinajstić information content (AvgIpc) is 3.04. The van der Waals surface area contributed by atoms with E-state index >= 15 is 0 Å². The summed E-state index contributed by atoms with van der Waals surface area (Å²) in [6.45, 7) is 5.15. The summed E-state index contributed by atoms with van der Waals surface area (Å²) in [5, 5.41) is 25.0. The van der Waals surface area contributed by atoms with E-state index < -0.39 is 46.5 Å². The fraction of sp³-hybridized carbons (Fsp3) is 0.385. The summed E-state index contributed by atoms with van der Waals surface area (Å²) in [6.07, 6.45) is 0.695. The summed E-state index contributed by atoms with van der Waals surface area (Å²) in [6, 6.07) is 10.0. The number of carboxylic acids is 2. The quantitative estimate of drug-likeness (QED) is 0.381. The smallest absolute Gasteiger partial charge is 0.326 e. The van der Waals surface area contributed by atoms with E-state index in [2.05, 4.69) is 10.6 Å². The average molecular weight is 535 g/mol. The number of aliphatic carboxylic acids is 2. The van der Waals surface area contributed by atoms with Crippen molar-refractivity contribution in [2.24, 2.45) is 16.7 Å². The third-order valence-electron chi connectivity index (χ3n) is 7.47. The normalized spacial score (nSPS) is 21.4. The van der Waals surface area contributed by atoms with Crippen LogP contribution in [0.2, 0.25) is 10.0 Å². The van der Waals surface area contributed by atoms with Gasteiger partial charge in [0.2, 0.25) is 5.91 Å². The third-order valence-corrected chi connectivity index (χ3v) is 8.10. The molecule has 8 nitrogen and oxygen atoms in total. The van der Waals surface area contributed by atoms with E-state index in [0.29, 0.717) is 24.1 Å². The minimum Gasteiger partial charge on any atom is -0.481 e. The topological polar surface area (TPSA) is 133 Å². The number of amides is 2. The van der Waals surface area contributed by atoms with Gasteiger partial charge in [0.1, 0.15) is 6.04 Å². The number of rotatable bonds is 8. The van der Waals surface area contributed by atoms with Crippen LogP contribution in [0.3, 0.4) is 0 Å².